The zero-order valence-electron chi connectivity index (χ0n) is 12.3. The fourth-order valence-corrected chi connectivity index (χ4v) is 2.45. The zero-order chi connectivity index (χ0) is 15.7. The van der Waals surface area contributed by atoms with E-state index in [4.69, 9.17) is 16.3 Å². The number of hydrogen-bond acceptors (Lipinski definition) is 2. The van der Waals surface area contributed by atoms with Crippen LogP contribution in [0.4, 0.5) is 0 Å². The summed E-state index contributed by atoms with van der Waals surface area (Å²) < 4.78 is 8.90. The minimum absolute atomic E-state index is 0.106. The van der Waals surface area contributed by atoms with E-state index in [1.807, 2.05) is 43.3 Å². The van der Waals surface area contributed by atoms with Crippen LogP contribution in [-0.2, 0) is 7.05 Å². The Morgan fingerprint density at radius 2 is 1.91 bits per heavy atom. The van der Waals surface area contributed by atoms with E-state index < -0.39 is 0 Å². The lowest BCUT2D eigenvalue weighted by Crippen LogP contribution is -2.20. The van der Waals surface area contributed by atoms with Crippen molar-refractivity contribution in [2.75, 3.05) is 0 Å². The maximum atomic E-state index is 12.0. The summed E-state index contributed by atoms with van der Waals surface area (Å²) in [5.41, 5.74) is 1.71. The quantitative estimate of drug-likeness (QED) is 0.734. The van der Waals surface area contributed by atoms with Crippen molar-refractivity contribution in [2.24, 2.45) is 7.05 Å². The van der Waals surface area contributed by atoms with Crippen molar-refractivity contribution in [2.45, 2.75) is 6.92 Å². The molecule has 112 valence electrons. The first-order chi connectivity index (χ1) is 10.5. The van der Waals surface area contributed by atoms with Crippen molar-refractivity contribution in [3.63, 3.8) is 0 Å². The van der Waals surface area contributed by atoms with Crippen molar-refractivity contribution in [3.05, 3.63) is 75.9 Å². The van der Waals surface area contributed by atoms with Crippen LogP contribution in [0.1, 0.15) is 5.56 Å². The fourth-order valence-electron chi connectivity index (χ4n) is 2.17. The molecule has 4 nitrogen and oxygen atoms in total. The smallest absolute Gasteiger partial charge is 0.332 e. The third kappa shape index (κ3) is 2.78. The molecule has 0 saturated heterocycles. The minimum Gasteiger partial charge on any atom is -0.456 e. The first-order valence-corrected chi connectivity index (χ1v) is 7.21. The Hall–Kier alpha value is -2.46. The van der Waals surface area contributed by atoms with Crippen LogP contribution in [-0.4, -0.2) is 9.13 Å². The second kappa shape index (κ2) is 5.73. The SMILES string of the molecule is Cc1ccc(Oc2cccc(-n3ccn(C)c3=O)c2)c(Cl)c1. The highest BCUT2D eigenvalue weighted by atomic mass is 35.5. The van der Waals surface area contributed by atoms with Crippen LogP contribution in [0.2, 0.25) is 5.02 Å². The molecule has 0 spiro atoms. The molecule has 0 radical (unpaired) electrons. The third-order valence-electron chi connectivity index (χ3n) is 3.36. The van der Waals surface area contributed by atoms with Crippen LogP contribution in [0.25, 0.3) is 5.69 Å². The summed E-state index contributed by atoms with van der Waals surface area (Å²) in [6, 6.07) is 12.9. The average molecular weight is 315 g/mol. The normalized spacial score (nSPS) is 10.7. The number of aryl methyl sites for hydroxylation is 2. The highest BCUT2D eigenvalue weighted by Gasteiger charge is 2.07. The predicted octanol–water partition coefficient (Wildman–Crippen LogP) is 3.93. The number of rotatable bonds is 3. The molecule has 0 amide bonds. The van der Waals surface area contributed by atoms with E-state index >= 15 is 0 Å². The molecule has 0 aliphatic heterocycles. The summed E-state index contributed by atoms with van der Waals surface area (Å²) in [5.74, 6) is 1.21. The van der Waals surface area contributed by atoms with Crippen LogP contribution in [0.3, 0.4) is 0 Å². The number of nitrogens with zero attached hydrogens (tertiary/aromatic N) is 2. The van der Waals surface area contributed by atoms with Crippen molar-refractivity contribution in [1.82, 2.24) is 9.13 Å². The minimum atomic E-state index is -0.106. The molecule has 0 aliphatic rings. The molecule has 0 N–H and O–H groups in total. The summed E-state index contributed by atoms with van der Waals surface area (Å²) in [7, 11) is 1.71. The average Bonchev–Trinajstić information content (AvgIpc) is 2.82. The van der Waals surface area contributed by atoms with Gasteiger partial charge in [0.25, 0.3) is 0 Å². The number of ether oxygens (including phenoxy) is 1. The molecule has 0 saturated carbocycles. The van der Waals surface area contributed by atoms with Gasteiger partial charge in [0, 0.05) is 25.5 Å². The molecule has 0 fully saturated rings. The molecule has 1 aromatic heterocycles. The summed E-state index contributed by atoms with van der Waals surface area (Å²) in [6.45, 7) is 1.97. The molecular formula is C17H15ClN2O2. The Kier molecular flexibility index (Phi) is 3.77. The summed E-state index contributed by atoms with van der Waals surface area (Å²) in [5, 5.41) is 0.558. The highest BCUT2D eigenvalue weighted by molar-refractivity contribution is 6.32. The van der Waals surface area contributed by atoms with Gasteiger partial charge in [0.15, 0.2) is 0 Å². The summed E-state index contributed by atoms with van der Waals surface area (Å²) in [6.07, 6.45) is 3.44. The van der Waals surface area contributed by atoms with E-state index in [0.717, 1.165) is 11.3 Å². The van der Waals surface area contributed by atoms with Crippen LogP contribution in [0.15, 0.2) is 59.7 Å². The molecule has 5 heteroatoms. The third-order valence-corrected chi connectivity index (χ3v) is 3.65. The van der Waals surface area contributed by atoms with E-state index in [0.29, 0.717) is 16.5 Å². The lowest BCUT2D eigenvalue weighted by atomic mass is 10.2. The van der Waals surface area contributed by atoms with Gasteiger partial charge >= 0.3 is 5.69 Å². The van der Waals surface area contributed by atoms with Crippen molar-refractivity contribution >= 4 is 11.6 Å². The van der Waals surface area contributed by atoms with Gasteiger partial charge in [-0.05, 0) is 36.8 Å². The van der Waals surface area contributed by atoms with Crippen LogP contribution in [0.5, 0.6) is 11.5 Å². The Labute approximate surface area is 133 Å². The second-order valence-corrected chi connectivity index (χ2v) is 5.50. The van der Waals surface area contributed by atoms with Gasteiger partial charge in [-0.15, -0.1) is 0 Å². The van der Waals surface area contributed by atoms with Gasteiger partial charge in [-0.3, -0.25) is 4.57 Å². The molecule has 2 aromatic carbocycles. The number of aromatic nitrogens is 2. The van der Waals surface area contributed by atoms with Crippen LogP contribution >= 0.6 is 11.6 Å². The Morgan fingerprint density at radius 1 is 1.09 bits per heavy atom. The van der Waals surface area contributed by atoms with Gasteiger partial charge in [-0.25, -0.2) is 4.79 Å². The fraction of sp³-hybridized carbons (Fsp3) is 0.118. The Balaban J connectivity index is 1.94. The Morgan fingerprint density at radius 3 is 2.59 bits per heavy atom. The molecular weight excluding hydrogens is 300 g/mol. The number of imidazole rings is 1. The molecule has 0 unspecified atom stereocenters. The van der Waals surface area contributed by atoms with Gasteiger partial charge < -0.3 is 9.30 Å². The van der Waals surface area contributed by atoms with E-state index in [1.165, 1.54) is 4.57 Å². The maximum absolute atomic E-state index is 12.0. The van der Waals surface area contributed by atoms with Crippen molar-refractivity contribution < 1.29 is 4.74 Å². The molecule has 1 heterocycles. The summed E-state index contributed by atoms with van der Waals surface area (Å²) >= 11 is 6.18. The van der Waals surface area contributed by atoms with Gasteiger partial charge in [0.1, 0.15) is 11.5 Å². The molecule has 0 bridgehead atoms. The first kappa shape index (κ1) is 14.5. The maximum Gasteiger partial charge on any atom is 0.332 e. The largest absolute Gasteiger partial charge is 0.456 e. The monoisotopic (exact) mass is 314 g/mol. The number of halogens is 1. The number of hydrogen-bond donors (Lipinski definition) is 0. The lowest BCUT2D eigenvalue weighted by Gasteiger charge is -2.09. The Bertz CT molecular complexity index is 880. The molecule has 0 atom stereocenters. The first-order valence-electron chi connectivity index (χ1n) is 6.83. The van der Waals surface area contributed by atoms with E-state index in [1.54, 1.807) is 30.1 Å². The highest BCUT2D eigenvalue weighted by Crippen LogP contribution is 2.30. The van der Waals surface area contributed by atoms with Crippen LogP contribution < -0.4 is 10.4 Å². The molecule has 3 aromatic rings. The predicted molar refractivity (Wildman–Crippen MR) is 87.3 cm³/mol. The van der Waals surface area contributed by atoms with Gasteiger partial charge in [-0.1, -0.05) is 23.7 Å². The van der Waals surface area contributed by atoms with Gasteiger partial charge in [-0.2, -0.15) is 0 Å². The van der Waals surface area contributed by atoms with E-state index in [2.05, 4.69) is 0 Å². The van der Waals surface area contributed by atoms with E-state index in [9.17, 15) is 4.79 Å². The van der Waals surface area contributed by atoms with Crippen LogP contribution in [0, 0.1) is 6.92 Å². The number of benzene rings is 2. The molecule has 3 rings (SSSR count). The standard InChI is InChI=1S/C17H15ClN2O2/c1-12-6-7-16(15(18)10-12)22-14-5-3-4-13(11-14)20-9-8-19(2)17(20)21/h3-11H,1-2H3. The summed E-state index contributed by atoms with van der Waals surface area (Å²) in [4.78, 5) is 12.0. The van der Waals surface area contributed by atoms with Crippen molar-refractivity contribution in [1.29, 1.82) is 0 Å². The van der Waals surface area contributed by atoms with Gasteiger partial charge in [0.05, 0.1) is 10.7 Å². The second-order valence-electron chi connectivity index (χ2n) is 5.09. The molecule has 0 aliphatic carbocycles. The lowest BCUT2D eigenvalue weighted by molar-refractivity contribution is 0.482. The topological polar surface area (TPSA) is 36.2 Å². The van der Waals surface area contributed by atoms with Gasteiger partial charge in [0.2, 0.25) is 0 Å². The van der Waals surface area contributed by atoms with E-state index in [-0.39, 0.29) is 5.69 Å². The molecule has 22 heavy (non-hydrogen) atoms. The van der Waals surface area contributed by atoms with Crippen molar-refractivity contribution in [3.8, 4) is 17.2 Å². The zero-order valence-corrected chi connectivity index (χ0v) is 13.0.